The molecule has 0 amide bonds. The first-order valence-electron chi connectivity index (χ1n) is 7.85. The highest BCUT2D eigenvalue weighted by atomic mass is 16.6. The Hall–Kier alpha value is -3.35. The van der Waals surface area contributed by atoms with Gasteiger partial charge in [-0.15, -0.1) is 0 Å². The topological polar surface area (TPSA) is 99.1 Å². The SMILES string of the molecule is CC(=O)Oc1cc(O)c2c(c1)O[C@@H](c1ccccc1)[C@H](OC(C)=O)C2=O. The van der Waals surface area contributed by atoms with Gasteiger partial charge in [0.2, 0.25) is 11.9 Å². The number of ether oxygens (including phenoxy) is 3. The molecule has 0 aromatic heterocycles. The molecule has 1 aliphatic rings. The first-order chi connectivity index (χ1) is 12.4. The predicted molar refractivity (Wildman–Crippen MR) is 89.1 cm³/mol. The van der Waals surface area contributed by atoms with Crippen molar-refractivity contribution in [3.63, 3.8) is 0 Å². The Balaban J connectivity index is 2.09. The van der Waals surface area contributed by atoms with Crippen LogP contribution in [0.25, 0.3) is 0 Å². The lowest BCUT2D eigenvalue weighted by atomic mass is 9.92. The summed E-state index contributed by atoms with van der Waals surface area (Å²) < 4.78 is 16.0. The molecule has 1 N–H and O–H groups in total. The van der Waals surface area contributed by atoms with Crippen LogP contribution in [0.4, 0.5) is 0 Å². The molecule has 134 valence electrons. The van der Waals surface area contributed by atoms with Crippen molar-refractivity contribution in [3.05, 3.63) is 53.6 Å². The number of hydrogen-bond donors (Lipinski definition) is 1. The van der Waals surface area contributed by atoms with E-state index in [4.69, 9.17) is 14.2 Å². The lowest BCUT2D eigenvalue weighted by Crippen LogP contribution is -2.39. The smallest absolute Gasteiger partial charge is 0.308 e. The van der Waals surface area contributed by atoms with Gasteiger partial charge in [-0.3, -0.25) is 14.4 Å². The van der Waals surface area contributed by atoms with Gasteiger partial charge in [0.15, 0.2) is 6.10 Å². The lowest BCUT2D eigenvalue weighted by molar-refractivity contribution is -0.149. The minimum atomic E-state index is -1.24. The summed E-state index contributed by atoms with van der Waals surface area (Å²) in [7, 11) is 0. The zero-order chi connectivity index (χ0) is 18.8. The second-order valence-electron chi connectivity index (χ2n) is 5.75. The number of benzene rings is 2. The Kier molecular flexibility index (Phi) is 4.62. The number of hydrogen-bond acceptors (Lipinski definition) is 7. The molecule has 0 aliphatic carbocycles. The third kappa shape index (κ3) is 3.37. The molecular weight excluding hydrogens is 340 g/mol. The van der Waals surface area contributed by atoms with Crippen LogP contribution in [0.15, 0.2) is 42.5 Å². The van der Waals surface area contributed by atoms with Gasteiger partial charge in [-0.1, -0.05) is 30.3 Å². The van der Waals surface area contributed by atoms with E-state index in [-0.39, 0.29) is 17.1 Å². The second kappa shape index (κ2) is 6.87. The molecule has 0 saturated carbocycles. The number of rotatable bonds is 3. The number of phenols is 1. The normalized spacial score (nSPS) is 18.5. The van der Waals surface area contributed by atoms with Gasteiger partial charge in [0, 0.05) is 26.0 Å². The van der Waals surface area contributed by atoms with Gasteiger partial charge < -0.3 is 19.3 Å². The van der Waals surface area contributed by atoms with Crippen LogP contribution in [0.2, 0.25) is 0 Å². The van der Waals surface area contributed by atoms with Gasteiger partial charge in [0.25, 0.3) is 0 Å². The fourth-order valence-corrected chi connectivity index (χ4v) is 2.80. The molecule has 7 heteroatoms. The third-order valence-corrected chi connectivity index (χ3v) is 3.77. The standard InChI is InChI=1S/C19H16O7/c1-10(20)24-13-8-14(22)16-15(9-13)26-18(12-6-4-3-5-7-12)19(17(16)23)25-11(2)21/h3-9,18-19,22H,1-2H3/t18-,19+/m0/s1. The molecule has 3 rings (SSSR count). The largest absolute Gasteiger partial charge is 0.507 e. The van der Waals surface area contributed by atoms with Crippen molar-refractivity contribution in [2.45, 2.75) is 26.1 Å². The van der Waals surface area contributed by atoms with E-state index >= 15 is 0 Å². The van der Waals surface area contributed by atoms with Crippen LogP contribution in [0.1, 0.15) is 35.9 Å². The number of ketones is 1. The van der Waals surface area contributed by atoms with Gasteiger partial charge in [-0.25, -0.2) is 0 Å². The fraction of sp³-hybridized carbons (Fsp3) is 0.211. The van der Waals surface area contributed by atoms with Gasteiger partial charge in [0.05, 0.1) is 0 Å². The molecule has 2 aromatic carbocycles. The molecular formula is C19H16O7. The summed E-state index contributed by atoms with van der Waals surface area (Å²) in [6.07, 6.45) is -2.14. The molecule has 26 heavy (non-hydrogen) atoms. The Morgan fingerprint density at radius 2 is 1.77 bits per heavy atom. The molecule has 0 radical (unpaired) electrons. The van der Waals surface area contributed by atoms with E-state index in [9.17, 15) is 19.5 Å². The molecule has 7 nitrogen and oxygen atoms in total. The monoisotopic (exact) mass is 356 g/mol. The summed E-state index contributed by atoms with van der Waals surface area (Å²) >= 11 is 0. The van der Waals surface area contributed by atoms with Gasteiger partial charge in [0.1, 0.15) is 22.8 Å². The fourth-order valence-electron chi connectivity index (χ4n) is 2.80. The number of fused-ring (bicyclic) bond motifs is 1. The van der Waals surface area contributed by atoms with E-state index in [1.807, 2.05) is 0 Å². The van der Waals surface area contributed by atoms with Crippen molar-refractivity contribution in [1.82, 2.24) is 0 Å². The number of aromatic hydroxyl groups is 1. The van der Waals surface area contributed by atoms with Gasteiger partial charge in [-0.05, 0) is 5.56 Å². The van der Waals surface area contributed by atoms with Crippen LogP contribution in [0, 0.1) is 0 Å². The minimum Gasteiger partial charge on any atom is -0.507 e. The van der Waals surface area contributed by atoms with E-state index in [1.165, 1.54) is 19.9 Å². The average Bonchev–Trinajstić information content (AvgIpc) is 2.56. The number of carbonyl (C=O) groups excluding carboxylic acids is 3. The van der Waals surface area contributed by atoms with Crippen LogP contribution in [-0.2, 0) is 14.3 Å². The minimum absolute atomic E-state index is 0.0410. The maximum atomic E-state index is 12.9. The van der Waals surface area contributed by atoms with Gasteiger partial charge in [-0.2, -0.15) is 0 Å². The van der Waals surface area contributed by atoms with Crippen LogP contribution in [-0.4, -0.2) is 28.9 Å². The quantitative estimate of drug-likeness (QED) is 0.666. The predicted octanol–water partition coefficient (Wildman–Crippen LogP) is 2.57. The Labute approximate surface area is 149 Å². The summed E-state index contributed by atoms with van der Waals surface area (Å²) in [6.45, 7) is 2.40. The Morgan fingerprint density at radius 3 is 2.38 bits per heavy atom. The first-order valence-corrected chi connectivity index (χ1v) is 7.85. The summed E-state index contributed by atoms with van der Waals surface area (Å²) in [5.74, 6) is -2.16. The lowest BCUT2D eigenvalue weighted by Gasteiger charge is -2.32. The summed E-state index contributed by atoms with van der Waals surface area (Å²) in [6, 6.07) is 11.3. The maximum Gasteiger partial charge on any atom is 0.308 e. The molecule has 2 atom stereocenters. The zero-order valence-corrected chi connectivity index (χ0v) is 14.1. The van der Waals surface area contributed by atoms with Crippen LogP contribution < -0.4 is 9.47 Å². The van der Waals surface area contributed by atoms with Crippen LogP contribution in [0.5, 0.6) is 17.2 Å². The Bertz CT molecular complexity index is 873. The van der Waals surface area contributed by atoms with Gasteiger partial charge >= 0.3 is 11.9 Å². The molecule has 0 spiro atoms. The van der Waals surface area contributed by atoms with E-state index in [2.05, 4.69) is 0 Å². The number of phenolic OH excluding ortho intramolecular Hbond substituents is 1. The maximum absolute atomic E-state index is 12.9. The van der Waals surface area contributed by atoms with Crippen LogP contribution >= 0.6 is 0 Å². The van der Waals surface area contributed by atoms with Crippen molar-refractivity contribution >= 4 is 17.7 Å². The van der Waals surface area contributed by atoms with E-state index in [0.29, 0.717) is 5.56 Å². The molecule has 1 heterocycles. The van der Waals surface area contributed by atoms with Crippen molar-refractivity contribution in [3.8, 4) is 17.2 Å². The third-order valence-electron chi connectivity index (χ3n) is 3.77. The van der Waals surface area contributed by atoms with E-state index in [0.717, 1.165) is 6.07 Å². The highest BCUT2D eigenvalue weighted by Gasteiger charge is 2.42. The summed E-state index contributed by atoms with van der Waals surface area (Å²) in [5, 5.41) is 10.2. The van der Waals surface area contributed by atoms with Crippen molar-refractivity contribution in [2.75, 3.05) is 0 Å². The number of carbonyl (C=O) groups is 3. The molecule has 1 aliphatic heterocycles. The molecule has 2 aromatic rings. The first kappa shape index (κ1) is 17.5. The van der Waals surface area contributed by atoms with Crippen molar-refractivity contribution in [1.29, 1.82) is 0 Å². The van der Waals surface area contributed by atoms with E-state index < -0.39 is 35.7 Å². The number of esters is 2. The van der Waals surface area contributed by atoms with Crippen LogP contribution in [0.3, 0.4) is 0 Å². The van der Waals surface area contributed by atoms with Crippen molar-refractivity contribution < 1.29 is 33.7 Å². The highest BCUT2D eigenvalue weighted by molar-refractivity contribution is 6.06. The molecule has 0 saturated heterocycles. The highest BCUT2D eigenvalue weighted by Crippen LogP contribution is 2.43. The Morgan fingerprint density at radius 1 is 1.08 bits per heavy atom. The average molecular weight is 356 g/mol. The molecule has 0 fully saturated rings. The summed E-state index contributed by atoms with van der Waals surface area (Å²) in [4.78, 5) is 35.5. The summed E-state index contributed by atoms with van der Waals surface area (Å²) in [5.41, 5.74) is 0.495. The second-order valence-corrected chi connectivity index (χ2v) is 5.75. The molecule has 0 bridgehead atoms. The zero-order valence-electron chi connectivity index (χ0n) is 14.1. The number of Topliss-reactive ketones (excluding diaryl/α,β-unsaturated/α-hetero) is 1. The van der Waals surface area contributed by atoms with E-state index in [1.54, 1.807) is 30.3 Å². The van der Waals surface area contributed by atoms with Crippen molar-refractivity contribution in [2.24, 2.45) is 0 Å². The molecule has 0 unspecified atom stereocenters.